The lowest BCUT2D eigenvalue weighted by molar-refractivity contribution is -0.120. The Morgan fingerprint density at radius 3 is 2.46 bits per heavy atom. The van der Waals surface area contributed by atoms with Crippen LogP contribution in [0.5, 0.6) is 0 Å². The summed E-state index contributed by atoms with van der Waals surface area (Å²) < 4.78 is 10.7. The first-order chi connectivity index (χ1) is 10.8. The van der Waals surface area contributed by atoms with E-state index in [2.05, 4.69) is 27.7 Å². The van der Waals surface area contributed by atoms with Crippen molar-refractivity contribution in [3.8, 4) is 0 Å². The molecule has 2 saturated heterocycles. The summed E-state index contributed by atoms with van der Waals surface area (Å²) in [6, 6.07) is 7.78. The molecule has 2 N–H and O–H groups in total. The summed E-state index contributed by atoms with van der Waals surface area (Å²) in [6.45, 7) is 6.32. The van der Waals surface area contributed by atoms with E-state index in [0.29, 0.717) is 13.2 Å². The van der Waals surface area contributed by atoms with Gasteiger partial charge in [0.2, 0.25) is 5.91 Å². The number of hydrogen-bond donors (Lipinski definition) is 2. The highest BCUT2D eigenvalue weighted by Gasteiger charge is 2.21. The molecule has 0 radical (unpaired) electrons. The molecule has 8 heteroatoms. The van der Waals surface area contributed by atoms with Crippen LogP contribution in [-0.4, -0.2) is 62.9 Å². The first kappa shape index (κ1) is 21.2. The van der Waals surface area contributed by atoms with E-state index in [1.54, 1.807) is 0 Å². The molecule has 1 atom stereocenters. The molecule has 24 heavy (non-hydrogen) atoms. The minimum atomic E-state index is -0.262. The van der Waals surface area contributed by atoms with Crippen LogP contribution in [0.25, 0.3) is 0 Å². The molecular weight excluding hydrogens is 353 g/mol. The van der Waals surface area contributed by atoms with E-state index >= 15 is 0 Å². The standard InChI is InChI=1S/C16H23N3O3.2ClH/c20-16(15-12-22-8-5-17-15)18-14-3-1-13(2-4-14)11-19-6-9-21-10-7-19;;/h1-4,15,17H,5-12H2,(H,18,20);2*1H. The van der Waals surface area contributed by atoms with Crippen molar-refractivity contribution in [2.75, 3.05) is 51.4 Å². The smallest absolute Gasteiger partial charge is 0.243 e. The van der Waals surface area contributed by atoms with Crippen molar-refractivity contribution >= 4 is 36.4 Å². The van der Waals surface area contributed by atoms with E-state index in [9.17, 15) is 4.79 Å². The first-order valence-electron chi connectivity index (χ1n) is 7.82. The molecule has 2 aliphatic heterocycles. The largest absolute Gasteiger partial charge is 0.379 e. The number of amides is 1. The summed E-state index contributed by atoms with van der Waals surface area (Å²) >= 11 is 0. The number of nitrogens with one attached hydrogen (secondary N) is 2. The van der Waals surface area contributed by atoms with E-state index in [-0.39, 0.29) is 36.8 Å². The molecule has 2 fully saturated rings. The maximum absolute atomic E-state index is 12.1. The third-order valence-electron chi connectivity index (χ3n) is 3.97. The zero-order chi connectivity index (χ0) is 15.2. The van der Waals surface area contributed by atoms with E-state index in [4.69, 9.17) is 9.47 Å². The number of ether oxygens (including phenoxy) is 2. The van der Waals surface area contributed by atoms with Gasteiger partial charge in [-0.15, -0.1) is 24.8 Å². The third-order valence-corrected chi connectivity index (χ3v) is 3.97. The topological polar surface area (TPSA) is 62.8 Å². The fourth-order valence-electron chi connectivity index (χ4n) is 2.67. The van der Waals surface area contributed by atoms with Gasteiger partial charge in [-0.05, 0) is 17.7 Å². The Balaban J connectivity index is 0.00000144. The molecular formula is C16H25Cl2N3O3. The van der Waals surface area contributed by atoms with E-state index in [1.165, 1.54) is 5.56 Å². The molecule has 2 heterocycles. The SMILES string of the molecule is Cl.Cl.O=C(Nc1ccc(CN2CCOCC2)cc1)C1COCCN1. The summed E-state index contributed by atoms with van der Waals surface area (Å²) in [7, 11) is 0. The molecule has 0 aliphatic carbocycles. The van der Waals surface area contributed by atoms with Crippen LogP contribution in [0, 0.1) is 0 Å². The fourth-order valence-corrected chi connectivity index (χ4v) is 2.67. The van der Waals surface area contributed by atoms with Crippen LogP contribution >= 0.6 is 24.8 Å². The lowest BCUT2D eigenvalue weighted by Crippen LogP contribution is -2.48. The van der Waals surface area contributed by atoms with E-state index in [0.717, 1.165) is 45.1 Å². The van der Waals surface area contributed by atoms with Gasteiger partial charge in [-0.1, -0.05) is 12.1 Å². The molecule has 1 aromatic carbocycles. The van der Waals surface area contributed by atoms with Crippen molar-refractivity contribution in [2.24, 2.45) is 0 Å². The Bertz CT molecular complexity index is 490. The van der Waals surface area contributed by atoms with Crippen molar-refractivity contribution in [3.05, 3.63) is 29.8 Å². The van der Waals surface area contributed by atoms with Crippen molar-refractivity contribution < 1.29 is 14.3 Å². The Morgan fingerprint density at radius 1 is 1.12 bits per heavy atom. The van der Waals surface area contributed by atoms with Gasteiger partial charge < -0.3 is 20.1 Å². The average Bonchev–Trinajstić information content (AvgIpc) is 2.58. The Labute approximate surface area is 155 Å². The molecule has 136 valence electrons. The monoisotopic (exact) mass is 377 g/mol. The number of morpholine rings is 2. The number of halogens is 2. The van der Waals surface area contributed by atoms with Crippen molar-refractivity contribution in [3.63, 3.8) is 0 Å². The van der Waals surface area contributed by atoms with Gasteiger partial charge in [0.05, 0.1) is 26.4 Å². The van der Waals surface area contributed by atoms with Gasteiger partial charge in [-0.2, -0.15) is 0 Å². The van der Waals surface area contributed by atoms with E-state index in [1.807, 2.05) is 12.1 Å². The lowest BCUT2D eigenvalue weighted by atomic mass is 10.1. The van der Waals surface area contributed by atoms with Crippen LogP contribution in [0.4, 0.5) is 5.69 Å². The van der Waals surface area contributed by atoms with Crippen LogP contribution < -0.4 is 10.6 Å². The van der Waals surface area contributed by atoms with Gasteiger partial charge in [0.1, 0.15) is 6.04 Å². The maximum Gasteiger partial charge on any atom is 0.243 e. The van der Waals surface area contributed by atoms with Gasteiger partial charge in [-0.3, -0.25) is 9.69 Å². The maximum atomic E-state index is 12.1. The highest BCUT2D eigenvalue weighted by atomic mass is 35.5. The molecule has 1 aromatic rings. The lowest BCUT2D eigenvalue weighted by Gasteiger charge is -2.26. The third kappa shape index (κ3) is 6.20. The van der Waals surface area contributed by atoms with Crippen LogP contribution in [-0.2, 0) is 20.8 Å². The Hall–Kier alpha value is -0.890. The second-order valence-electron chi connectivity index (χ2n) is 5.66. The van der Waals surface area contributed by atoms with Crippen LogP contribution in [0.3, 0.4) is 0 Å². The number of carbonyl (C=O) groups is 1. The summed E-state index contributed by atoms with van der Waals surface area (Å²) in [5.74, 6) is -0.0411. The molecule has 0 bridgehead atoms. The predicted molar refractivity (Wildman–Crippen MR) is 98.3 cm³/mol. The van der Waals surface area contributed by atoms with Crippen LogP contribution in [0.15, 0.2) is 24.3 Å². The molecule has 0 spiro atoms. The number of rotatable bonds is 4. The summed E-state index contributed by atoms with van der Waals surface area (Å²) in [5.41, 5.74) is 2.07. The molecule has 3 rings (SSSR count). The summed E-state index contributed by atoms with van der Waals surface area (Å²) in [6.07, 6.45) is 0. The molecule has 2 aliphatic rings. The molecule has 1 amide bonds. The van der Waals surface area contributed by atoms with Gasteiger partial charge in [0.15, 0.2) is 0 Å². The Kier molecular flexibility index (Phi) is 9.58. The second-order valence-corrected chi connectivity index (χ2v) is 5.66. The number of anilines is 1. The zero-order valence-corrected chi connectivity index (χ0v) is 15.2. The number of benzene rings is 1. The zero-order valence-electron chi connectivity index (χ0n) is 13.5. The minimum absolute atomic E-state index is 0. The normalized spacial score (nSPS) is 21.2. The Morgan fingerprint density at radius 2 is 1.83 bits per heavy atom. The summed E-state index contributed by atoms with van der Waals surface area (Å²) in [4.78, 5) is 14.5. The highest BCUT2D eigenvalue weighted by molar-refractivity contribution is 5.95. The van der Waals surface area contributed by atoms with Crippen LogP contribution in [0.1, 0.15) is 5.56 Å². The molecule has 6 nitrogen and oxygen atoms in total. The molecule has 0 aromatic heterocycles. The fraction of sp³-hybridized carbons (Fsp3) is 0.562. The number of hydrogen-bond acceptors (Lipinski definition) is 5. The predicted octanol–water partition coefficient (Wildman–Crippen LogP) is 1.29. The molecule has 1 unspecified atom stereocenters. The average molecular weight is 378 g/mol. The highest BCUT2D eigenvalue weighted by Crippen LogP contribution is 2.13. The van der Waals surface area contributed by atoms with Gasteiger partial charge >= 0.3 is 0 Å². The minimum Gasteiger partial charge on any atom is -0.379 e. The number of carbonyl (C=O) groups excluding carboxylic acids is 1. The molecule has 0 saturated carbocycles. The van der Waals surface area contributed by atoms with Gasteiger partial charge in [0, 0.05) is 31.9 Å². The van der Waals surface area contributed by atoms with Gasteiger partial charge in [-0.25, -0.2) is 0 Å². The summed E-state index contributed by atoms with van der Waals surface area (Å²) in [5, 5.41) is 6.08. The number of nitrogens with zero attached hydrogens (tertiary/aromatic N) is 1. The van der Waals surface area contributed by atoms with Gasteiger partial charge in [0.25, 0.3) is 0 Å². The van der Waals surface area contributed by atoms with Crippen molar-refractivity contribution in [1.29, 1.82) is 0 Å². The second kappa shape index (κ2) is 10.9. The van der Waals surface area contributed by atoms with Crippen molar-refractivity contribution in [1.82, 2.24) is 10.2 Å². The quantitative estimate of drug-likeness (QED) is 0.827. The van der Waals surface area contributed by atoms with Crippen LogP contribution in [0.2, 0.25) is 0 Å². The van der Waals surface area contributed by atoms with E-state index < -0.39 is 0 Å². The van der Waals surface area contributed by atoms with Crippen molar-refractivity contribution in [2.45, 2.75) is 12.6 Å². The first-order valence-corrected chi connectivity index (χ1v) is 7.82.